The summed E-state index contributed by atoms with van der Waals surface area (Å²) in [5.74, 6) is 8.49. The molecule has 3 N–H and O–H groups in total. The van der Waals surface area contributed by atoms with Gasteiger partial charge in [-0.05, 0) is 64.4 Å². The summed E-state index contributed by atoms with van der Waals surface area (Å²) in [4.78, 5) is 1.36. The molecule has 1 heterocycles. The van der Waals surface area contributed by atoms with E-state index in [-0.39, 0.29) is 0 Å². The number of thiophene rings is 1. The van der Waals surface area contributed by atoms with Gasteiger partial charge in [0, 0.05) is 9.35 Å². The van der Waals surface area contributed by atoms with E-state index in [0.29, 0.717) is 6.04 Å². The fraction of sp³-hybridized carbons (Fsp3) is 0.636. The zero-order valence-electron chi connectivity index (χ0n) is 8.45. The number of nitrogens with one attached hydrogen (secondary N) is 1. The third-order valence-electron chi connectivity index (χ3n) is 3.86. The molecule has 2 nitrogen and oxygen atoms in total. The van der Waals surface area contributed by atoms with E-state index in [4.69, 9.17) is 5.84 Å². The van der Waals surface area contributed by atoms with Crippen LogP contribution in [0, 0.1) is 17.8 Å². The third-order valence-corrected chi connectivity index (χ3v) is 5.81. The summed E-state index contributed by atoms with van der Waals surface area (Å²) < 4.78 is 1.20. The second-order valence-corrected chi connectivity index (χ2v) is 6.57. The Labute approximate surface area is 102 Å². The first-order valence-corrected chi connectivity index (χ1v) is 7.16. The van der Waals surface area contributed by atoms with Gasteiger partial charge < -0.3 is 0 Å². The average molecular weight is 287 g/mol. The summed E-state index contributed by atoms with van der Waals surface area (Å²) in [5.41, 5.74) is 3.01. The monoisotopic (exact) mass is 286 g/mol. The Morgan fingerprint density at radius 1 is 1.40 bits per heavy atom. The second-order valence-electron chi connectivity index (χ2n) is 4.76. The molecule has 3 atom stereocenters. The molecule has 3 rings (SSSR count). The van der Waals surface area contributed by atoms with Crippen molar-refractivity contribution in [1.29, 1.82) is 0 Å². The van der Waals surface area contributed by atoms with Crippen molar-refractivity contribution in [3.05, 3.63) is 20.8 Å². The zero-order chi connectivity index (χ0) is 10.4. The van der Waals surface area contributed by atoms with Crippen LogP contribution in [0.25, 0.3) is 0 Å². The summed E-state index contributed by atoms with van der Waals surface area (Å²) in [6.07, 6.45) is 4.20. The second kappa shape index (κ2) is 3.84. The van der Waals surface area contributed by atoms with Gasteiger partial charge in [0.1, 0.15) is 0 Å². The van der Waals surface area contributed by atoms with Crippen LogP contribution in [-0.4, -0.2) is 0 Å². The molecule has 0 spiro atoms. The molecule has 2 saturated carbocycles. The minimum absolute atomic E-state index is 0.354. The van der Waals surface area contributed by atoms with Crippen LogP contribution in [0.2, 0.25) is 0 Å². The molecule has 15 heavy (non-hydrogen) atoms. The molecule has 2 fully saturated rings. The summed E-state index contributed by atoms with van der Waals surface area (Å²) in [6, 6.07) is 2.47. The molecule has 0 saturated heterocycles. The minimum atomic E-state index is 0.354. The summed E-state index contributed by atoms with van der Waals surface area (Å²) in [7, 11) is 0. The van der Waals surface area contributed by atoms with E-state index in [1.165, 1.54) is 28.6 Å². The van der Waals surface area contributed by atoms with Gasteiger partial charge in [0.25, 0.3) is 0 Å². The van der Waals surface area contributed by atoms with Crippen LogP contribution in [0.1, 0.15) is 30.2 Å². The Kier molecular flexibility index (Phi) is 2.63. The molecule has 0 amide bonds. The fourth-order valence-electron chi connectivity index (χ4n) is 2.99. The minimum Gasteiger partial charge on any atom is -0.271 e. The number of hydrazine groups is 1. The van der Waals surface area contributed by atoms with Crippen LogP contribution < -0.4 is 11.3 Å². The van der Waals surface area contributed by atoms with E-state index >= 15 is 0 Å². The highest BCUT2D eigenvalue weighted by Crippen LogP contribution is 2.57. The number of fused-ring (bicyclic) bond motifs is 1. The molecule has 0 radical (unpaired) electrons. The lowest BCUT2D eigenvalue weighted by Crippen LogP contribution is -2.32. The highest BCUT2D eigenvalue weighted by Gasteiger charge is 2.48. The number of nitrogens with two attached hydrogens (primary N) is 1. The molecule has 0 bridgehead atoms. The molecular formula is C11H15BrN2S. The molecule has 0 aliphatic heterocycles. The smallest absolute Gasteiger partial charge is 0.0592 e. The highest BCUT2D eigenvalue weighted by molar-refractivity contribution is 9.10. The first-order valence-electron chi connectivity index (χ1n) is 5.48. The SMILES string of the molecule is NNC(c1sccc1Br)C1CC2CC2C1. The van der Waals surface area contributed by atoms with Crippen molar-refractivity contribution in [2.75, 3.05) is 0 Å². The van der Waals surface area contributed by atoms with Crippen LogP contribution in [0.15, 0.2) is 15.9 Å². The lowest BCUT2D eigenvalue weighted by Gasteiger charge is -2.23. The van der Waals surface area contributed by atoms with Crippen molar-refractivity contribution in [3.63, 3.8) is 0 Å². The Hall–Kier alpha value is 0.100. The fourth-order valence-corrected chi connectivity index (χ4v) is 4.76. The first-order chi connectivity index (χ1) is 7.29. The molecule has 82 valence electrons. The van der Waals surface area contributed by atoms with E-state index in [2.05, 4.69) is 32.8 Å². The Morgan fingerprint density at radius 2 is 2.13 bits per heavy atom. The molecule has 3 unspecified atom stereocenters. The van der Waals surface area contributed by atoms with Gasteiger partial charge in [0.2, 0.25) is 0 Å². The molecule has 2 aliphatic rings. The molecule has 4 heteroatoms. The van der Waals surface area contributed by atoms with Crippen molar-refractivity contribution in [1.82, 2.24) is 5.43 Å². The van der Waals surface area contributed by atoms with E-state index in [9.17, 15) is 0 Å². The topological polar surface area (TPSA) is 38.0 Å². The number of halogens is 1. The lowest BCUT2D eigenvalue weighted by molar-refractivity contribution is 0.349. The van der Waals surface area contributed by atoms with Gasteiger partial charge in [0.15, 0.2) is 0 Å². The van der Waals surface area contributed by atoms with Crippen molar-refractivity contribution < 1.29 is 0 Å². The standard InChI is InChI=1S/C11H15BrN2S/c12-9-1-2-15-11(9)10(14-13)8-4-6-3-7(6)5-8/h1-2,6-8,10,14H,3-5,13H2. The quantitative estimate of drug-likeness (QED) is 0.662. The Balaban J connectivity index is 1.79. The zero-order valence-corrected chi connectivity index (χ0v) is 10.9. The van der Waals surface area contributed by atoms with E-state index in [0.717, 1.165) is 17.8 Å². The number of hydrogen-bond acceptors (Lipinski definition) is 3. The maximum absolute atomic E-state index is 5.71. The molecule has 1 aromatic heterocycles. The van der Waals surface area contributed by atoms with Crippen LogP contribution in [0.4, 0.5) is 0 Å². The van der Waals surface area contributed by atoms with Crippen LogP contribution in [-0.2, 0) is 0 Å². The van der Waals surface area contributed by atoms with Crippen molar-refractivity contribution >= 4 is 27.3 Å². The highest BCUT2D eigenvalue weighted by atomic mass is 79.9. The number of hydrogen-bond donors (Lipinski definition) is 2. The van der Waals surface area contributed by atoms with Crippen molar-refractivity contribution in [2.24, 2.45) is 23.6 Å². The van der Waals surface area contributed by atoms with E-state index in [1.807, 2.05) is 0 Å². The van der Waals surface area contributed by atoms with Gasteiger partial charge in [-0.15, -0.1) is 11.3 Å². The Morgan fingerprint density at radius 3 is 2.67 bits per heavy atom. The number of rotatable bonds is 3. The lowest BCUT2D eigenvalue weighted by atomic mass is 9.94. The predicted octanol–water partition coefficient (Wildman–Crippen LogP) is 3.06. The van der Waals surface area contributed by atoms with Crippen molar-refractivity contribution in [2.45, 2.75) is 25.3 Å². The first kappa shape index (κ1) is 10.3. The maximum atomic E-state index is 5.71. The van der Waals surface area contributed by atoms with Gasteiger partial charge in [-0.2, -0.15) is 0 Å². The predicted molar refractivity (Wildman–Crippen MR) is 66.4 cm³/mol. The molecule has 0 aromatic carbocycles. The van der Waals surface area contributed by atoms with Gasteiger partial charge in [-0.3, -0.25) is 11.3 Å². The third kappa shape index (κ3) is 1.78. The maximum Gasteiger partial charge on any atom is 0.0592 e. The summed E-state index contributed by atoms with van der Waals surface area (Å²) >= 11 is 5.39. The van der Waals surface area contributed by atoms with Gasteiger partial charge in [0.05, 0.1) is 6.04 Å². The van der Waals surface area contributed by atoms with E-state index < -0.39 is 0 Å². The largest absolute Gasteiger partial charge is 0.271 e. The van der Waals surface area contributed by atoms with Gasteiger partial charge in [-0.25, -0.2) is 0 Å². The van der Waals surface area contributed by atoms with Crippen LogP contribution in [0.5, 0.6) is 0 Å². The normalized spacial score (nSPS) is 35.2. The van der Waals surface area contributed by atoms with Gasteiger partial charge in [-0.1, -0.05) is 0 Å². The summed E-state index contributed by atoms with van der Waals surface area (Å²) in [5, 5.41) is 2.12. The Bertz CT molecular complexity index is 355. The molecule has 2 aliphatic carbocycles. The van der Waals surface area contributed by atoms with Gasteiger partial charge >= 0.3 is 0 Å². The summed E-state index contributed by atoms with van der Waals surface area (Å²) in [6.45, 7) is 0. The van der Waals surface area contributed by atoms with Crippen LogP contribution >= 0.6 is 27.3 Å². The average Bonchev–Trinajstić information content (AvgIpc) is 2.65. The molecule has 1 aromatic rings. The van der Waals surface area contributed by atoms with Crippen LogP contribution in [0.3, 0.4) is 0 Å². The van der Waals surface area contributed by atoms with E-state index in [1.54, 1.807) is 11.3 Å². The molecular weight excluding hydrogens is 272 g/mol. The van der Waals surface area contributed by atoms with Crippen molar-refractivity contribution in [3.8, 4) is 0 Å².